The van der Waals surface area contributed by atoms with E-state index in [2.05, 4.69) is 15.5 Å². The van der Waals surface area contributed by atoms with Crippen molar-refractivity contribution in [2.75, 3.05) is 5.32 Å². The molecule has 0 atom stereocenters. The first-order chi connectivity index (χ1) is 11.5. The molecule has 1 aromatic heterocycles. The van der Waals surface area contributed by atoms with E-state index in [-0.39, 0.29) is 11.3 Å². The highest BCUT2D eigenvalue weighted by molar-refractivity contribution is 7.18. The zero-order valence-corrected chi connectivity index (χ0v) is 13.5. The van der Waals surface area contributed by atoms with Crippen molar-refractivity contribution in [1.29, 1.82) is 0 Å². The summed E-state index contributed by atoms with van der Waals surface area (Å²) in [5.74, 6) is -0.488. The zero-order valence-electron chi connectivity index (χ0n) is 12.0. The first-order valence-electron chi connectivity index (χ1n) is 6.68. The van der Waals surface area contributed by atoms with E-state index in [1.807, 2.05) is 0 Å². The second-order valence-corrected chi connectivity index (χ2v) is 6.09. The van der Waals surface area contributed by atoms with Crippen molar-refractivity contribution in [2.45, 2.75) is 0 Å². The number of non-ortho nitro benzene ring substituents is 1. The molecule has 3 rings (SSSR count). The molecule has 0 spiro atoms. The van der Waals surface area contributed by atoms with Crippen molar-refractivity contribution in [2.24, 2.45) is 0 Å². The molecule has 0 saturated heterocycles. The number of nitro benzene ring substituents is 1. The van der Waals surface area contributed by atoms with Crippen molar-refractivity contribution < 1.29 is 9.72 Å². The highest BCUT2D eigenvalue weighted by Gasteiger charge is 2.14. The molecule has 0 aliphatic rings. The van der Waals surface area contributed by atoms with Gasteiger partial charge in [0.2, 0.25) is 5.13 Å². The lowest BCUT2D eigenvalue weighted by Gasteiger charge is -2.00. The summed E-state index contributed by atoms with van der Waals surface area (Å²) >= 11 is 7.03. The summed E-state index contributed by atoms with van der Waals surface area (Å²) in [4.78, 5) is 22.4. The SMILES string of the molecule is O=C(Nc1nnc(-c2ccc(Cl)cc2)s1)c1cccc([N+](=O)[O-])c1. The molecular formula is C15H9ClN4O3S. The third-order valence-electron chi connectivity index (χ3n) is 3.06. The van der Waals surface area contributed by atoms with Crippen molar-refractivity contribution >= 4 is 39.7 Å². The van der Waals surface area contributed by atoms with Gasteiger partial charge in [-0.2, -0.15) is 0 Å². The van der Waals surface area contributed by atoms with E-state index in [0.717, 1.165) is 5.56 Å². The predicted molar refractivity (Wildman–Crippen MR) is 91.4 cm³/mol. The third kappa shape index (κ3) is 3.55. The van der Waals surface area contributed by atoms with Gasteiger partial charge >= 0.3 is 0 Å². The number of benzene rings is 2. The van der Waals surface area contributed by atoms with Crippen LogP contribution in [0.5, 0.6) is 0 Å². The summed E-state index contributed by atoms with van der Waals surface area (Å²) in [6.07, 6.45) is 0. The van der Waals surface area contributed by atoms with Gasteiger partial charge in [-0.1, -0.05) is 41.1 Å². The van der Waals surface area contributed by atoms with E-state index in [4.69, 9.17) is 11.6 Å². The molecule has 24 heavy (non-hydrogen) atoms. The quantitative estimate of drug-likeness (QED) is 0.559. The molecule has 0 unspecified atom stereocenters. The average molecular weight is 361 g/mol. The summed E-state index contributed by atoms with van der Waals surface area (Å²) in [5.41, 5.74) is 0.849. The van der Waals surface area contributed by atoms with E-state index in [0.29, 0.717) is 15.2 Å². The highest BCUT2D eigenvalue weighted by Crippen LogP contribution is 2.27. The molecule has 2 aromatic carbocycles. The molecule has 0 radical (unpaired) electrons. The molecule has 0 saturated carbocycles. The Hall–Kier alpha value is -2.84. The molecule has 9 heteroatoms. The summed E-state index contributed by atoms with van der Waals surface area (Å²) in [5, 5.41) is 22.8. The summed E-state index contributed by atoms with van der Waals surface area (Å²) in [7, 11) is 0. The maximum absolute atomic E-state index is 12.2. The largest absolute Gasteiger partial charge is 0.296 e. The zero-order chi connectivity index (χ0) is 17.1. The number of rotatable bonds is 4. The molecule has 1 N–H and O–H groups in total. The van der Waals surface area contributed by atoms with Crippen molar-refractivity contribution in [3.63, 3.8) is 0 Å². The van der Waals surface area contributed by atoms with Crippen LogP contribution in [0.25, 0.3) is 10.6 Å². The van der Waals surface area contributed by atoms with E-state index in [9.17, 15) is 14.9 Å². The molecular weight excluding hydrogens is 352 g/mol. The fourth-order valence-electron chi connectivity index (χ4n) is 1.91. The minimum absolute atomic E-state index is 0.151. The van der Waals surface area contributed by atoms with Gasteiger partial charge in [0.05, 0.1) is 4.92 Å². The number of anilines is 1. The maximum atomic E-state index is 12.2. The molecule has 3 aromatic rings. The topological polar surface area (TPSA) is 98.0 Å². The lowest BCUT2D eigenvalue weighted by atomic mass is 10.2. The van der Waals surface area contributed by atoms with Crippen LogP contribution in [0.3, 0.4) is 0 Å². The molecule has 7 nitrogen and oxygen atoms in total. The lowest BCUT2D eigenvalue weighted by molar-refractivity contribution is -0.384. The second kappa shape index (κ2) is 6.73. The number of hydrogen-bond donors (Lipinski definition) is 1. The summed E-state index contributed by atoms with van der Waals surface area (Å²) in [6, 6.07) is 12.5. The van der Waals surface area contributed by atoms with E-state index < -0.39 is 10.8 Å². The van der Waals surface area contributed by atoms with Crippen LogP contribution >= 0.6 is 22.9 Å². The van der Waals surface area contributed by atoms with Crippen LogP contribution < -0.4 is 5.32 Å². The van der Waals surface area contributed by atoms with Crippen molar-refractivity contribution in [1.82, 2.24) is 10.2 Å². The second-order valence-electron chi connectivity index (χ2n) is 4.68. The Morgan fingerprint density at radius 3 is 2.62 bits per heavy atom. The van der Waals surface area contributed by atoms with Crippen molar-refractivity contribution in [3.8, 4) is 10.6 Å². The highest BCUT2D eigenvalue weighted by atomic mass is 35.5. The van der Waals surface area contributed by atoms with Crippen LogP contribution in [-0.2, 0) is 0 Å². The van der Waals surface area contributed by atoms with Gasteiger partial charge in [0.15, 0.2) is 0 Å². The average Bonchev–Trinajstić information content (AvgIpc) is 3.04. The van der Waals surface area contributed by atoms with Gasteiger partial charge in [-0.15, -0.1) is 10.2 Å². The summed E-state index contributed by atoms with van der Waals surface area (Å²) < 4.78 is 0. The molecule has 120 valence electrons. The number of carbonyl (C=O) groups is 1. The number of carbonyl (C=O) groups excluding carboxylic acids is 1. The van der Waals surface area contributed by atoms with Crippen LogP contribution in [-0.4, -0.2) is 21.0 Å². The van der Waals surface area contributed by atoms with Crippen LogP contribution in [0, 0.1) is 10.1 Å². The Balaban J connectivity index is 1.77. The molecule has 0 aliphatic carbocycles. The van der Waals surface area contributed by atoms with Crippen LogP contribution in [0.15, 0.2) is 48.5 Å². The molecule has 1 heterocycles. The number of amides is 1. The van der Waals surface area contributed by atoms with E-state index in [1.165, 1.54) is 35.6 Å². The van der Waals surface area contributed by atoms with Crippen LogP contribution in [0.2, 0.25) is 5.02 Å². The number of hydrogen-bond acceptors (Lipinski definition) is 6. The Bertz CT molecular complexity index is 911. The van der Waals surface area contributed by atoms with Gasteiger partial charge in [-0.25, -0.2) is 0 Å². The predicted octanol–water partition coefficient (Wildman–Crippen LogP) is 4.02. The van der Waals surface area contributed by atoms with Gasteiger partial charge in [-0.05, 0) is 18.2 Å². The normalized spacial score (nSPS) is 10.4. The smallest absolute Gasteiger partial charge is 0.270 e. The fourth-order valence-corrected chi connectivity index (χ4v) is 2.78. The molecule has 1 amide bonds. The number of nitrogens with one attached hydrogen (secondary N) is 1. The van der Waals surface area contributed by atoms with Crippen LogP contribution in [0.1, 0.15) is 10.4 Å². The Kier molecular flexibility index (Phi) is 4.50. The van der Waals surface area contributed by atoms with Gasteiger partial charge in [-0.3, -0.25) is 20.2 Å². The lowest BCUT2D eigenvalue weighted by Crippen LogP contribution is -2.11. The number of nitrogens with zero attached hydrogens (tertiary/aromatic N) is 3. The molecule has 0 bridgehead atoms. The minimum atomic E-state index is -0.555. The summed E-state index contributed by atoms with van der Waals surface area (Å²) in [6.45, 7) is 0. The maximum Gasteiger partial charge on any atom is 0.270 e. The molecule has 0 aliphatic heterocycles. The van der Waals surface area contributed by atoms with Gasteiger partial charge in [0, 0.05) is 28.3 Å². The van der Waals surface area contributed by atoms with E-state index in [1.54, 1.807) is 24.3 Å². The van der Waals surface area contributed by atoms with Crippen LogP contribution in [0.4, 0.5) is 10.8 Å². The van der Waals surface area contributed by atoms with Gasteiger partial charge < -0.3 is 0 Å². The Morgan fingerprint density at radius 1 is 1.17 bits per heavy atom. The van der Waals surface area contributed by atoms with Crippen molar-refractivity contribution in [3.05, 3.63) is 69.2 Å². The minimum Gasteiger partial charge on any atom is -0.296 e. The first kappa shape index (κ1) is 16.0. The number of nitro groups is 1. The van der Waals surface area contributed by atoms with Gasteiger partial charge in [0.25, 0.3) is 11.6 Å². The monoisotopic (exact) mass is 360 g/mol. The first-order valence-corrected chi connectivity index (χ1v) is 7.87. The van der Waals surface area contributed by atoms with E-state index >= 15 is 0 Å². The third-order valence-corrected chi connectivity index (χ3v) is 4.20. The Morgan fingerprint density at radius 2 is 1.92 bits per heavy atom. The number of aromatic nitrogens is 2. The Labute approximate surface area is 145 Å². The molecule has 0 fully saturated rings. The fraction of sp³-hybridized carbons (Fsp3) is 0. The van der Waals surface area contributed by atoms with Gasteiger partial charge in [0.1, 0.15) is 5.01 Å². The standard InChI is InChI=1S/C15H9ClN4O3S/c16-11-6-4-9(5-7-11)14-18-19-15(24-14)17-13(21)10-2-1-3-12(8-10)20(22)23/h1-8H,(H,17,19,21). The number of halogens is 1.